The van der Waals surface area contributed by atoms with Crippen LogP contribution in [0.3, 0.4) is 0 Å². The molecule has 0 saturated heterocycles. The van der Waals surface area contributed by atoms with Gasteiger partial charge in [-0.05, 0) is 17.8 Å². The van der Waals surface area contributed by atoms with Gasteiger partial charge in [0.05, 0.1) is 0 Å². The zero-order valence-corrected chi connectivity index (χ0v) is 16.5. The standard InChI is InChI=1S/C22H43B/c1-19(21-13-9-10-14-21)15-16-20(2)22(23)17-11-7-5-3-4-6-8-12-18-22/h19-21H,3-18,23H2,1-2H3. The van der Waals surface area contributed by atoms with Gasteiger partial charge in [-0.1, -0.05) is 122 Å². The summed E-state index contributed by atoms with van der Waals surface area (Å²) in [5.41, 5.74) is 0. The lowest BCUT2D eigenvalue weighted by Crippen LogP contribution is -2.23. The largest absolute Gasteiger partial charge is 0.109 e. The molecule has 0 amide bonds. The molecule has 0 aliphatic heterocycles. The maximum absolute atomic E-state index is 2.63. The van der Waals surface area contributed by atoms with Gasteiger partial charge in [-0.3, -0.25) is 0 Å². The average molecular weight is 318 g/mol. The molecule has 2 saturated carbocycles. The van der Waals surface area contributed by atoms with Crippen molar-refractivity contribution in [3.63, 3.8) is 0 Å². The molecule has 0 nitrogen and oxygen atoms in total. The second-order valence-electron chi connectivity index (χ2n) is 9.48. The van der Waals surface area contributed by atoms with Crippen molar-refractivity contribution in [1.29, 1.82) is 0 Å². The molecule has 0 aromatic carbocycles. The van der Waals surface area contributed by atoms with Crippen molar-refractivity contribution in [2.24, 2.45) is 17.8 Å². The van der Waals surface area contributed by atoms with Crippen molar-refractivity contribution >= 4 is 7.85 Å². The zero-order valence-electron chi connectivity index (χ0n) is 16.5. The molecule has 0 N–H and O–H groups in total. The van der Waals surface area contributed by atoms with Crippen molar-refractivity contribution < 1.29 is 0 Å². The topological polar surface area (TPSA) is 0 Å². The van der Waals surface area contributed by atoms with Crippen LogP contribution in [-0.2, 0) is 0 Å². The summed E-state index contributed by atoms with van der Waals surface area (Å²) in [6, 6.07) is 0. The smallest absolute Gasteiger partial charge is 0.0627 e. The Morgan fingerprint density at radius 2 is 1.22 bits per heavy atom. The number of hydrogen-bond acceptors (Lipinski definition) is 0. The zero-order chi connectivity index (χ0) is 16.5. The number of hydrogen-bond donors (Lipinski definition) is 0. The van der Waals surface area contributed by atoms with E-state index in [1.807, 2.05) is 0 Å². The van der Waals surface area contributed by atoms with Gasteiger partial charge in [-0.25, -0.2) is 0 Å². The van der Waals surface area contributed by atoms with E-state index in [9.17, 15) is 0 Å². The Hall–Kier alpha value is 0.0649. The quantitative estimate of drug-likeness (QED) is 0.482. The monoisotopic (exact) mass is 318 g/mol. The Morgan fingerprint density at radius 3 is 1.74 bits per heavy atom. The summed E-state index contributed by atoms with van der Waals surface area (Å²) in [6.45, 7) is 5.13. The maximum Gasteiger partial charge on any atom is 0.109 e. The van der Waals surface area contributed by atoms with Gasteiger partial charge in [0.1, 0.15) is 7.85 Å². The van der Waals surface area contributed by atoms with Crippen molar-refractivity contribution in [3.05, 3.63) is 0 Å². The molecule has 2 aliphatic rings. The van der Waals surface area contributed by atoms with Gasteiger partial charge in [0.25, 0.3) is 0 Å². The van der Waals surface area contributed by atoms with Crippen LogP contribution in [0.5, 0.6) is 0 Å². The van der Waals surface area contributed by atoms with Crippen LogP contribution in [0.4, 0.5) is 0 Å². The molecule has 2 unspecified atom stereocenters. The third-order valence-corrected chi connectivity index (χ3v) is 7.70. The molecule has 2 aliphatic carbocycles. The fraction of sp³-hybridized carbons (Fsp3) is 1.00. The lowest BCUT2D eigenvalue weighted by molar-refractivity contribution is 0.260. The van der Waals surface area contributed by atoms with Gasteiger partial charge in [-0.2, -0.15) is 0 Å². The van der Waals surface area contributed by atoms with E-state index in [1.165, 1.54) is 103 Å². The van der Waals surface area contributed by atoms with E-state index in [2.05, 4.69) is 21.7 Å². The Labute approximate surface area is 148 Å². The molecule has 0 aromatic heterocycles. The normalized spacial score (nSPS) is 27.2. The summed E-state index contributed by atoms with van der Waals surface area (Å²) in [5, 5.41) is 0.625. The summed E-state index contributed by atoms with van der Waals surface area (Å²) in [6.07, 6.45) is 23.9. The molecule has 2 fully saturated rings. The van der Waals surface area contributed by atoms with Crippen LogP contribution in [0.25, 0.3) is 0 Å². The fourth-order valence-electron chi connectivity index (χ4n) is 5.36. The summed E-state index contributed by atoms with van der Waals surface area (Å²) < 4.78 is 0. The molecule has 0 aromatic rings. The third-order valence-electron chi connectivity index (χ3n) is 7.70. The third kappa shape index (κ3) is 6.47. The predicted molar refractivity (Wildman–Crippen MR) is 107 cm³/mol. The van der Waals surface area contributed by atoms with Gasteiger partial charge in [-0.15, -0.1) is 0 Å². The van der Waals surface area contributed by atoms with Crippen molar-refractivity contribution in [2.45, 2.75) is 122 Å². The Morgan fingerprint density at radius 1 is 0.739 bits per heavy atom. The minimum atomic E-state index is 0.625. The molecular formula is C22H43B. The molecule has 0 bridgehead atoms. The summed E-state index contributed by atoms with van der Waals surface area (Å²) >= 11 is 0. The fourth-order valence-corrected chi connectivity index (χ4v) is 5.36. The molecule has 134 valence electrons. The lowest BCUT2D eigenvalue weighted by atomic mass is 9.55. The molecular weight excluding hydrogens is 275 g/mol. The summed E-state index contributed by atoms with van der Waals surface area (Å²) in [5.74, 6) is 2.96. The van der Waals surface area contributed by atoms with Gasteiger partial charge in [0.15, 0.2) is 0 Å². The van der Waals surface area contributed by atoms with E-state index in [4.69, 9.17) is 0 Å². The second kappa shape index (κ2) is 10.1. The van der Waals surface area contributed by atoms with Gasteiger partial charge in [0, 0.05) is 0 Å². The van der Waals surface area contributed by atoms with Crippen LogP contribution >= 0.6 is 0 Å². The van der Waals surface area contributed by atoms with E-state index in [0.29, 0.717) is 5.31 Å². The SMILES string of the molecule is BC1(C(C)CCC(C)C2CCCC2)CCCCCCCCCC1. The summed E-state index contributed by atoms with van der Waals surface area (Å²) in [7, 11) is 2.63. The van der Waals surface area contributed by atoms with Crippen LogP contribution in [0.1, 0.15) is 117 Å². The molecule has 23 heavy (non-hydrogen) atoms. The van der Waals surface area contributed by atoms with Crippen LogP contribution in [-0.4, -0.2) is 7.85 Å². The first kappa shape index (κ1) is 19.4. The first-order valence-electron chi connectivity index (χ1n) is 11.1. The first-order valence-corrected chi connectivity index (χ1v) is 11.1. The highest BCUT2D eigenvalue weighted by atomic mass is 14.3. The van der Waals surface area contributed by atoms with Crippen molar-refractivity contribution in [3.8, 4) is 0 Å². The molecule has 0 heterocycles. The maximum atomic E-state index is 2.63. The van der Waals surface area contributed by atoms with Crippen molar-refractivity contribution in [1.82, 2.24) is 0 Å². The van der Waals surface area contributed by atoms with E-state index < -0.39 is 0 Å². The van der Waals surface area contributed by atoms with E-state index in [1.54, 1.807) is 0 Å². The van der Waals surface area contributed by atoms with Crippen LogP contribution in [0, 0.1) is 17.8 Å². The molecule has 1 heteroatoms. The second-order valence-corrected chi connectivity index (χ2v) is 9.48. The molecule has 2 rings (SSSR count). The molecule has 0 radical (unpaired) electrons. The predicted octanol–water partition coefficient (Wildman–Crippen LogP) is 6.94. The van der Waals surface area contributed by atoms with Gasteiger partial charge >= 0.3 is 0 Å². The Balaban J connectivity index is 1.81. The Bertz CT molecular complexity index is 293. The van der Waals surface area contributed by atoms with Gasteiger partial charge < -0.3 is 0 Å². The average Bonchev–Trinajstić information content (AvgIpc) is 3.06. The minimum Gasteiger partial charge on any atom is -0.0627 e. The van der Waals surface area contributed by atoms with E-state index in [0.717, 1.165) is 17.8 Å². The van der Waals surface area contributed by atoms with Crippen LogP contribution < -0.4 is 0 Å². The highest BCUT2D eigenvalue weighted by Gasteiger charge is 2.31. The van der Waals surface area contributed by atoms with Crippen molar-refractivity contribution in [2.75, 3.05) is 0 Å². The van der Waals surface area contributed by atoms with E-state index >= 15 is 0 Å². The van der Waals surface area contributed by atoms with Crippen LogP contribution in [0.2, 0.25) is 5.31 Å². The Kier molecular flexibility index (Phi) is 8.55. The van der Waals surface area contributed by atoms with Gasteiger partial charge in [0.2, 0.25) is 0 Å². The lowest BCUT2D eigenvalue weighted by Gasteiger charge is -2.37. The van der Waals surface area contributed by atoms with Crippen LogP contribution in [0.15, 0.2) is 0 Å². The molecule has 0 spiro atoms. The first-order chi connectivity index (χ1) is 11.1. The molecule has 2 atom stereocenters. The highest BCUT2D eigenvalue weighted by molar-refractivity contribution is 6.15. The highest BCUT2D eigenvalue weighted by Crippen LogP contribution is 2.46. The number of rotatable bonds is 5. The van der Waals surface area contributed by atoms with E-state index in [-0.39, 0.29) is 0 Å². The minimum absolute atomic E-state index is 0.625. The summed E-state index contributed by atoms with van der Waals surface area (Å²) in [4.78, 5) is 0.